The maximum atomic E-state index is 11.5. The molecule has 0 bridgehead atoms. The number of anilines is 1. The number of likely N-dealkylation sites (N-methyl/N-ethyl adjacent to an activating group) is 1. The molecule has 0 aromatic carbocycles. The first kappa shape index (κ1) is 16.7. The molecule has 1 unspecified atom stereocenters. The van der Waals surface area contributed by atoms with Crippen LogP contribution in [0.5, 0.6) is 0 Å². The van der Waals surface area contributed by atoms with Crippen molar-refractivity contribution in [2.24, 2.45) is 0 Å². The van der Waals surface area contributed by atoms with Crippen molar-refractivity contribution < 1.29 is 19.4 Å². The van der Waals surface area contributed by atoms with Crippen LogP contribution in [-0.4, -0.2) is 80.6 Å². The molecule has 2 heterocycles. The predicted octanol–water partition coefficient (Wildman–Crippen LogP) is -0.00250. The second-order valence-electron chi connectivity index (χ2n) is 5.34. The Balaban J connectivity index is 1.90. The number of ether oxygens (including phenoxy) is 2. The van der Waals surface area contributed by atoms with Crippen LogP contribution in [0.15, 0.2) is 18.3 Å². The lowest BCUT2D eigenvalue weighted by Crippen LogP contribution is -2.44. The summed E-state index contributed by atoms with van der Waals surface area (Å²) >= 11 is 0. The van der Waals surface area contributed by atoms with Crippen molar-refractivity contribution in [3.8, 4) is 0 Å². The minimum absolute atomic E-state index is 0.397. The van der Waals surface area contributed by atoms with Crippen molar-refractivity contribution in [1.29, 1.82) is 0 Å². The molecule has 0 spiro atoms. The topological polar surface area (TPSA) is 75.1 Å². The van der Waals surface area contributed by atoms with Crippen LogP contribution >= 0.6 is 0 Å². The number of hydrogen-bond donors (Lipinski definition) is 1. The third kappa shape index (κ3) is 4.66. The number of nitrogens with zero attached hydrogens (tertiary/aromatic N) is 3. The number of β-amino-alcohol motifs (C(OH)–C–C–N with tert-alkyl or cyclic N) is 1. The highest BCUT2D eigenvalue weighted by Crippen LogP contribution is 2.12. The Kier molecular flexibility index (Phi) is 6.11. The van der Waals surface area contributed by atoms with Crippen LogP contribution < -0.4 is 4.90 Å². The number of carbonyl (C=O) groups excluding carboxylic acids is 1. The molecule has 122 valence electrons. The summed E-state index contributed by atoms with van der Waals surface area (Å²) in [5.41, 5.74) is 0.446. The molecule has 1 fully saturated rings. The average molecular weight is 309 g/mol. The van der Waals surface area contributed by atoms with E-state index in [2.05, 4.69) is 9.88 Å². The highest BCUT2D eigenvalue weighted by atomic mass is 16.5. The number of pyridine rings is 1. The van der Waals surface area contributed by atoms with Gasteiger partial charge in [-0.25, -0.2) is 9.78 Å². The summed E-state index contributed by atoms with van der Waals surface area (Å²) in [6.07, 6.45) is 1.07. The van der Waals surface area contributed by atoms with Gasteiger partial charge < -0.3 is 19.5 Å². The zero-order valence-corrected chi connectivity index (χ0v) is 13.1. The second kappa shape index (κ2) is 8.07. The van der Waals surface area contributed by atoms with E-state index in [1.54, 1.807) is 18.3 Å². The molecule has 7 nitrogen and oxygen atoms in total. The number of hydrogen-bond acceptors (Lipinski definition) is 7. The minimum atomic E-state index is -0.494. The molecule has 1 aliphatic heterocycles. The molecule has 1 saturated heterocycles. The summed E-state index contributed by atoms with van der Waals surface area (Å²) in [6.45, 7) is 4.16. The smallest absolute Gasteiger partial charge is 0.338 e. The molecule has 0 saturated carbocycles. The number of aliphatic hydroxyl groups is 1. The van der Waals surface area contributed by atoms with Crippen LogP contribution in [0.25, 0.3) is 0 Å². The van der Waals surface area contributed by atoms with Gasteiger partial charge in [0.25, 0.3) is 0 Å². The van der Waals surface area contributed by atoms with Crippen molar-refractivity contribution >= 4 is 11.8 Å². The number of esters is 1. The van der Waals surface area contributed by atoms with Crippen LogP contribution in [-0.2, 0) is 9.47 Å². The summed E-state index contributed by atoms with van der Waals surface area (Å²) in [6, 6.07) is 3.26. The van der Waals surface area contributed by atoms with Gasteiger partial charge in [-0.2, -0.15) is 0 Å². The van der Waals surface area contributed by atoms with Crippen LogP contribution in [0.4, 0.5) is 5.82 Å². The highest BCUT2D eigenvalue weighted by molar-refractivity contribution is 5.90. The first-order valence-corrected chi connectivity index (χ1v) is 7.34. The van der Waals surface area contributed by atoms with Crippen LogP contribution in [0.2, 0.25) is 0 Å². The monoisotopic (exact) mass is 309 g/mol. The number of rotatable bonds is 6. The fourth-order valence-corrected chi connectivity index (χ4v) is 2.42. The normalized spacial score (nSPS) is 17.0. The third-order valence-corrected chi connectivity index (χ3v) is 3.61. The zero-order chi connectivity index (χ0) is 15.9. The van der Waals surface area contributed by atoms with Gasteiger partial charge in [0.05, 0.1) is 32.0 Å². The van der Waals surface area contributed by atoms with Crippen molar-refractivity contribution in [1.82, 2.24) is 9.88 Å². The number of morpholine rings is 1. The Morgan fingerprint density at radius 3 is 2.95 bits per heavy atom. The standard InChI is InChI=1S/C15H23N3O4/c1-17(10-13(19)11-18-5-7-22-8-6-18)14-9-12(3-4-16-14)15(20)21-2/h3-4,9,13,19H,5-8,10-11H2,1-2H3. The van der Waals surface area contributed by atoms with E-state index in [1.165, 1.54) is 7.11 Å². The van der Waals surface area contributed by atoms with E-state index in [0.717, 1.165) is 13.1 Å². The van der Waals surface area contributed by atoms with E-state index in [9.17, 15) is 9.90 Å². The average Bonchev–Trinajstić information content (AvgIpc) is 2.55. The number of aliphatic hydroxyl groups excluding tert-OH is 1. The summed E-state index contributed by atoms with van der Waals surface area (Å²) in [5.74, 6) is 0.231. The molecule has 0 radical (unpaired) electrons. The molecule has 1 atom stereocenters. The molecule has 1 aromatic rings. The summed E-state index contributed by atoms with van der Waals surface area (Å²) in [4.78, 5) is 19.8. The zero-order valence-electron chi connectivity index (χ0n) is 13.1. The van der Waals surface area contributed by atoms with E-state index >= 15 is 0 Å². The molecule has 22 heavy (non-hydrogen) atoms. The van der Waals surface area contributed by atoms with E-state index in [0.29, 0.717) is 37.7 Å². The molecule has 1 aliphatic rings. The summed E-state index contributed by atoms with van der Waals surface area (Å²) in [7, 11) is 3.18. The molecular weight excluding hydrogens is 286 g/mol. The highest BCUT2D eigenvalue weighted by Gasteiger charge is 2.17. The molecule has 0 amide bonds. The van der Waals surface area contributed by atoms with Gasteiger partial charge in [-0.1, -0.05) is 0 Å². The first-order chi connectivity index (χ1) is 10.6. The van der Waals surface area contributed by atoms with E-state index < -0.39 is 12.1 Å². The van der Waals surface area contributed by atoms with Crippen LogP contribution in [0.3, 0.4) is 0 Å². The maximum absolute atomic E-state index is 11.5. The number of methoxy groups -OCH3 is 1. The number of carbonyl (C=O) groups is 1. The molecule has 7 heteroatoms. The van der Waals surface area contributed by atoms with Crippen molar-refractivity contribution in [2.75, 3.05) is 58.5 Å². The largest absolute Gasteiger partial charge is 0.465 e. The fraction of sp³-hybridized carbons (Fsp3) is 0.600. The van der Waals surface area contributed by atoms with Crippen LogP contribution in [0.1, 0.15) is 10.4 Å². The summed E-state index contributed by atoms with van der Waals surface area (Å²) < 4.78 is 9.99. The van der Waals surface area contributed by atoms with Gasteiger partial charge in [-0.3, -0.25) is 4.90 Å². The molecule has 1 N–H and O–H groups in total. The Hall–Kier alpha value is -1.70. The lowest BCUT2D eigenvalue weighted by atomic mass is 10.2. The van der Waals surface area contributed by atoms with Crippen molar-refractivity contribution in [3.63, 3.8) is 0 Å². The second-order valence-corrected chi connectivity index (χ2v) is 5.34. The van der Waals surface area contributed by atoms with Gasteiger partial charge in [-0.15, -0.1) is 0 Å². The molecular formula is C15H23N3O4. The number of aromatic nitrogens is 1. The minimum Gasteiger partial charge on any atom is -0.465 e. The van der Waals surface area contributed by atoms with Crippen molar-refractivity contribution in [3.05, 3.63) is 23.9 Å². The SMILES string of the molecule is COC(=O)c1ccnc(N(C)CC(O)CN2CCOCC2)c1. The molecule has 0 aliphatic carbocycles. The van der Waals surface area contributed by atoms with Gasteiger partial charge >= 0.3 is 5.97 Å². The Morgan fingerprint density at radius 2 is 2.27 bits per heavy atom. The Labute approximate surface area is 130 Å². The van der Waals surface area contributed by atoms with E-state index in [-0.39, 0.29) is 0 Å². The van der Waals surface area contributed by atoms with Crippen LogP contribution in [0, 0.1) is 0 Å². The third-order valence-electron chi connectivity index (χ3n) is 3.61. The Bertz CT molecular complexity index is 491. The molecule has 1 aromatic heterocycles. The lowest BCUT2D eigenvalue weighted by Gasteiger charge is -2.30. The van der Waals surface area contributed by atoms with Crippen molar-refractivity contribution in [2.45, 2.75) is 6.10 Å². The van der Waals surface area contributed by atoms with Gasteiger partial charge in [0.2, 0.25) is 0 Å². The maximum Gasteiger partial charge on any atom is 0.338 e. The predicted molar refractivity (Wildman–Crippen MR) is 82.1 cm³/mol. The first-order valence-electron chi connectivity index (χ1n) is 7.34. The summed E-state index contributed by atoms with van der Waals surface area (Å²) in [5, 5.41) is 10.2. The Morgan fingerprint density at radius 1 is 1.55 bits per heavy atom. The van der Waals surface area contributed by atoms with Gasteiger partial charge in [-0.05, 0) is 12.1 Å². The van der Waals surface area contributed by atoms with E-state index in [1.807, 2.05) is 11.9 Å². The quantitative estimate of drug-likeness (QED) is 0.741. The van der Waals surface area contributed by atoms with Gasteiger partial charge in [0.15, 0.2) is 0 Å². The van der Waals surface area contributed by atoms with E-state index in [4.69, 9.17) is 9.47 Å². The van der Waals surface area contributed by atoms with Gasteiger partial charge in [0.1, 0.15) is 5.82 Å². The van der Waals surface area contributed by atoms with Gasteiger partial charge in [0, 0.05) is 39.4 Å². The lowest BCUT2D eigenvalue weighted by molar-refractivity contribution is 0.0162. The fourth-order valence-electron chi connectivity index (χ4n) is 2.42. The molecule has 2 rings (SSSR count).